The number of carbonyl (C=O) groups is 2. The molecule has 0 bridgehead atoms. The molecule has 0 saturated carbocycles. The second-order valence-electron chi connectivity index (χ2n) is 21.0. The van der Waals surface area contributed by atoms with E-state index >= 15 is 0 Å². The number of hydrogen-bond donors (Lipinski definition) is 20. The van der Waals surface area contributed by atoms with Gasteiger partial charge in [0, 0.05) is 13.8 Å². The summed E-state index contributed by atoms with van der Waals surface area (Å²) in [5, 5.41) is 201. The summed E-state index contributed by atoms with van der Waals surface area (Å²) in [5.74, 6) is -1.62. The minimum absolute atomic E-state index is 0.811. The van der Waals surface area contributed by atoms with Crippen LogP contribution < -0.4 is 10.6 Å². The second kappa shape index (κ2) is 28.0. The van der Waals surface area contributed by atoms with Gasteiger partial charge in [-0.1, -0.05) is 0 Å². The van der Waals surface area contributed by atoms with E-state index in [1.807, 2.05) is 0 Å². The molecule has 0 aromatic carbocycles. The minimum Gasteiger partial charge on any atom is -0.394 e. The van der Waals surface area contributed by atoms with Gasteiger partial charge in [-0.05, 0) is 20.8 Å². The van der Waals surface area contributed by atoms with Gasteiger partial charge in [0.1, 0.15) is 152 Å². The van der Waals surface area contributed by atoms with Crippen LogP contribution in [-0.2, 0) is 71.2 Å². The van der Waals surface area contributed by atoms with Crippen molar-refractivity contribution in [2.45, 2.75) is 249 Å². The molecule has 0 aromatic heterocycles. The Morgan fingerprint density at radius 2 is 0.630 bits per heavy atom. The van der Waals surface area contributed by atoms with Crippen LogP contribution in [0.15, 0.2) is 0 Å². The fraction of sp³-hybridized carbons (Fsp3) is 0.957. The van der Waals surface area contributed by atoms with Gasteiger partial charge in [0.05, 0.1) is 44.7 Å². The molecule has 7 aliphatic rings. The van der Waals surface area contributed by atoms with Crippen LogP contribution in [0.25, 0.3) is 0 Å². The molecule has 7 heterocycles. The van der Waals surface area contributed by atoms with Crippen LogP contribution in [0.1, 0.15) is 34.6 Å². The number of rotatable bonds is 18. The van der Waals surface area contributed by atoms with Gasteiger partial charge in [0.25, 0.3) is 0 Å². The number of hydrogen-bond acceptors (Lipinski definition) is 33. The number of carbonyl (C=O) groups excluding carboxylic acids is 2. The summed E-state index contributed by atoms with van der Waals surface area (Å²) in [6.07, 6.45) is -60.5. The Balaban J connectivity index is 1.12. The molecule has 0 radical (unpaired) electrons. The lowest BCUT2D eigenvalue weighted by Gasteiger charge is -2.51. The highest BCUT2D eigenvalue weighted by molar-refractivity contribution is 5.73. The first-order chi connectivity index (χ1) is 38.2. The quantitative estimate of drug-likeness (QED) is 0.0606. The molecule has 7 aliphatic heterocycles. The van der Waals surface area contributed by atoms with Gasteiger partial charge < -0.3 is 164 Å². The van der Waals surface area contributed by atoms with Crippen LogP contribution in [0.4, 0.5) is 0 Å². The van der Waals surface area contributed by atoms with Crippen LogP contribution in [0.2, 0.25) is 0 Å². The standard InChI is InChI=1S/C46H78N2O33/c1-10-21(55)36(31(65)40(68)69-10)78-41-20(48-14(5)54)35(27(61)18(9-52)72-41)77-46-39(29(63)25(59)16(7-50)75-46)81-45-33(67)38(23(57)12(3)71-45)80-44-32(66)37(22(56)11(2)70-44)79-42-19(47-13(4)53)34(26(60)17(8-51)73-42)76-43-30(64)28(62)24(58)15(6-49)74-43/h10-12,15-46,49-52,55-68H,6-9H2,1-5H3,(H,47,53)(H,48,54)/t10-,11-,12-,15+,16+,17+,18+,19+,20+,21-,22-,23-,24+,25+,26+,27+,28-,29-,30+,31+,32+,33+,34+,35+,36+,37+,38+,39+,40+,41+,42+,43+,44-,45-,46+/m0/s1. The lowest BCUT2D eigenvalue weighted by Crippen LogP contribution is -2.70. The molecule has 35 nitrogen and oxygen atoms in total. The fourth-order valence-corrected chi connectivity index (χ4v) is 10.6. The highest BCUT2D eigenvalue weighted by Crippen LogP contribution is 2.38. The summed E-state index contributed by atoms with van der Waals surface area (Å²) < 4.78 is 75.5. The Hall–Kier alpha value is -2.30. The highest BCUT2D eigenvalue weighted by atomic mass is 16.8. The maximum atomic E-state index is 12.7. The third kappa shape index (κ3) is 14.1. The first-order valence-corrected chi connectivity index (χ1v) is 26.2. The molecule has 470 valence electrons. The van der Waals surface area contributed by atoms with E-state index in [9.17, 15) is 102 Å². The Bertz CT molecular complexity index is 1990. The fourth-order valence-electron chi connectivity index (χ4n) is 10.6. The summed E-state index contributed by atoms with van der Waals surface area (Å²) in [6, 6.07) is -3.37. The van der Waals surface area contributed by atoms with Crippen LogP contribution >= 0.6 is 0 Å². The molecule has 0 spiro atoms. The zero-order chi connectivity index (χ0) is 59.8. The van der Waals surface area contributed by atoms with E-state index in [4.69, 9.17) is 61.6 Å². The highest BCUT2D eigenvalue weighted by Gasteiger charge is 2.59. The maximum absolute atomic E-state index is 12.7. The predicted octanol–water partition coefficient (Wildman–Crippen LogP) is -12.9. The van der Waals surface area contributed by atoms with Gasteiger partial charge in [-0.2, -0.15) is 0 Å². The summed E-state index contributed by atoms with van der Waals surface area (Å²) >= 11 is 0. The Kier molecular flexibility index (Phi) is 22.9. The van der Waals surface area contributed by atoms with Crippen molar-refractivity contribution in [1.82, 2.24) is 10.6 Å². The zero-order valence-corrected chi connectivity index (χ0v) is 44.2. The van der Waals surface area contributed by atoms with Crippen molar-refractivity contribution in [2.75, 3.05) is 26.4 Å². The zero-order valence-electron chi connectivity index (χ0n) is 44.2. The van der Waals surface area contributed by atoms with E-state index in [0.717, 1.165) is 13.8 Å². The van der Waals surface area contributed by atoms with Gasteiger partial charge in [0.2, 0.25) is 11.8 Å². The topological polar surface area (TPSA) is 542 Å². The Morgan fingerprint density at radius 3 is 1.05 bits per heavy atom. The van der Waals surface area contributed by atoms with E-state index in [1.54, 1.807) is 0 Å². The third-order valence-corrected chi connectivity index (χ3v) is 15.2. The van der Waals surface area contributed by atoms with Gasteiger partial charge in [-0.3, -0.25) is 9.59 Å². The number of ether oxygens (including phenoxy) is 13. The van der Waals surface area contributed by atoms with Crippen LogP contribution in [-0.4, -0.2) is 345 Å². The largest absolute Gasteiger partial charge is 0.394 e. The van der Waals surface area contributed by atoms with Crippen molar-refractivity contribution in [1.29, 1.82) is 0 Å². The summed E-state index contributed by atoms with van der Waals surface area (Å²) in [4.78, 5) is 25.3. The number of amides is 2. The SMILES string of the molecule is CC(=O)N[C@H]1[C@@H](O[C@@H]2[C@@H](O)[C@H](C)O[C@@H](O[C@@H]3[C@@H](O)[C@H](C)O[C@@H](O[C@H]4[C@@H](O[C@H]5[C@H](O)[C@@H](CO)O[C@H](O[C@@H]6[C@@H](O)[C@H](C)O[C@@H](O)[C@@H]6O)[C@@H]5NC(C)=O)O[C@H](CO)[C@@H](O)[C@@H]4O)[C@@H]3O)[C@@H]2O)O[C@H](CO)[C@@H](O)[C@@H]1O[C@H]1O[C@H](CO)[C@@H](O)[C@H](O)[C@H]1O. The molecular weight excluding hydrogens is 1110 g/mol. The molecule has 7 fully saturated rings. The molecule has 35 atom stereocenters. The minimum atomic E-state index is -2.19. The van der Waals surface area contributed by atoms with Gasteiger partial charge in [-0.15, -0.1) is 0 Å². The molecule has 0 aliphatic carbocycles. The van der Waals surface area contributed by atoms with Crippen molar-refractivity contribution in [3.05, 3.63) is 0 Å². The molecular formula is C46H78N2O33. The number of nitrogens with one attached hydrogen (secondary N) is 2. The molecule has 20 N–H and O–H groups in total. The molecule has 7 saturated heterocycles. The molecule has 2 amide bonds. The van der Waals surface area contributed by atoms with E-state index in [0.29, 0.717) is 0 Å². The normalized spacial score (nSPS) is 51.8. The molecule has 7 rings (SSSR count). The van der Waals surface area contributed by atoms with Gasteiger partial charge in [-0.25, -0.2) is 0 Å². The average Bonchev–Trinajstić information content (AvgIpc) is 3.61. The predicted molar refractivity (Wildman–Crippen MR) is 251 cm³/mol. The lowest BCUT2D eigenvalue weighted by molar-refractivity contribution is -0.397. The third-order valence-electron chi connectivity index (χ3n) is 15.2. The first kappa shape index (κ1) is 66.2. The van der Waals surface area contributed by atoms with E-state index in [2.05, 4.69) is 10.6 Å². The molecule has 0 aromatic rings. The van der Waals surface area contributed by atoms with Crippen LogP contribution in [0, 0.1) is 0 Å². The molecule has 0 unspecified atom stereocenters. The van der Waals surface area contributed by atoms with Crippen molar-refractivity contribution in [3.8, 4) is 0 Å². The van der Waals surface area contributed by atoms with Crippen molar-refractivity contribution in [2.24, 2.45) is 0 Å². The molecule has 81 heavy (non-hydrogen) atoms. The number of aliphatic hydroxyl groups is 18. The Morgan fingerprint density at radius 1 is 0.321 bits per heavy atom. The first-order valence-electron chi connectivity index (χ1n) is 26.2. The summed E-state index contributed by atoms with van der Waals surface area (Å²) in [6.45, 7) is 2.19. The summed E-state index contributed by atoms with van der Waals surface area (Å²) in [5.41, 5.74) is 0. The maximum Gasteiger partial charge on any atom is 0.217 e. The van der Waals surface area contributed by atoms with Crippen LogP contribution in [0.5, 0.6) is 0 Å². The van der Waals surface area contributed by atoms with E-state index < -0.39 is 253 Å². The monoisotopic (exact) mass is 1190 g/mol. The van der Waals surface area contributed by atoms with Crippen molar-refractivity contribution in [3.63, 3.8) is 0 Å². The van der Waals surface area contributed by atoms with Gasteiger partial charge in [0.15, 0.2) is 44.0 Å². The Labute approximate surface area is 460 Å². The van der Waals surface area contributed by atoms with Crippen molar-refractivity contribution < 1.29 is 163 Å². The van der Waals surface area contributed by atoms with E-state index in [-0.39, 0.29) is 0 Å². The van der Waals surface area contributed by atoms with Crippen LogP contribution in [0.3, 0.4) is 0 Å². The average molecular weight is 1190 g/mol. The van der Waals surface area contributed by atoms with E-state index in [1.165, 1.54) is 20.8 Å². The van der Waals surface area contributed by atoms with Gasteiger partial charge >= 0.3 is 0 Å². The smallest absolute Gasteiger partial charge is 0.217 e. The van der Waals surface area contributed by atoms with Crippen molar-refractivity contribution >= 4 is 11.8 Å². The number of aliphatic hydroxyl groups excluding tert-OH is 18. The lowest BCUT2D eigenvalue weighted by atomic mass is 9.94. The second-order valence-corrected chi connectivity index (χ2v) is 21.0. The molecule has 35 heteroatoms. The summed E-state index contributed by atoms with van der Waals surface area (Å²) in [7, 11) is 0.